The molecule has 0 amide bonds. The third kappa shape index (κ3) is 4.82. The lowest BCUT2D eigenvalue weighted by atomic mass is 10.0. The Morgan fingerprint density at radius 1 is 1.03 bits per heavy atom. The van der Waals surface area contributed by atoms with Crippen LogP contribution in [-0.2, 0) is 4.74 Å². The van der Waals surface area contributed by atoms with Crippen molar-refractivity contribution < 1.29 is 13.9 Å². The van der Waals surface area contributed by atoms with Gasteiger partial charge in [-0.05, 0) is 67.0 Å². The van der Waals surface area contributed by atoms with Crippen LogP contribution in [0.25, 0.3) is 11.7 Å². The van der Waals surface area contributed by atoms with E-state index in [9.17, 15) is 9.18 Å². The van der Waals surface area contributed by atoms with Crippen molar-refractivity contribution in [2.24, 2.45) is 0 Å². The zero-order valence-electron chi connectivity index (χ0n) is 20.3. The molecule has 0 radical (unpaired) electrons. The molecule has 1 aromatic carbocycles. The number of imidazole rings is 1. The van der Waals surface area contributed by atoms with E-state index in [0.717, 1.165) is 49.7 Å². The summed E-state index contributed by atoms with van der Waals surface area (Å²) in [7, 11) is 0. The number of benzene rings is 1. The second kappa shape index (κ2) is 10.1. The number of carbonyl (C=O) groups is 1. The fourth-order valence-corrected chi connectivity index (χ4v) is 5.03. The molecule has 2 aliphatic rings. The molecular weight excluding hydrogens is 471 g/mol. The number of hydrogen-bond donors (Lipinski definition) is 0. The Balaban J connectivity index is 1.24. The molecule has 6 rings (SSSR count). The average Bonchev–Trinajstić information content (AvgIpc) is 3.60. The molecule has 0 bridgehead atoms. The number of allylic oxidation sites excluding steroid dienone is 1. The Kier molecular flexibility index (Phi) is 6.36. The highest BCUT2D eigenvalue weighted by atomic mass is 19.1. The molecule has 2 aliphatic heterocycles. The minimum atomic E-state index is -0.244. The number of hydrogen-bond acceptors (Lipinski definition) is 7. The molecule has 1 atom stereocenters. The minimum absolute atomic E-state index is 0.0352. The molecule has 1 unspecified atom stereocenters. The van der Waals surface area contributed by atoms with Crippen LogP contribution in [0.1, 0.15) is 40.6 Å². The summed E-state index contributed by atoms with van der Waals surface area (Å²) in [6, 6.07) is 16.3. The summed E-state index contributed by atoms with van der Waals surface area (Å²) in [5.41, 5.74) is 2.60. The fraction of sp³-hybridized carbons (Fsp3) is 0.286. The van der Waals surface area contributed by atoms with Crippen molar-refractivity contribution in [3.8, 4) is 0 Å². The smallest absolute Gasteiger partial charge is 0.205 e. The second-order valence-electron chi connectivity index (χ2n) is 9.23. The molecule has 0 N–H and O–H groups in total. The lowest BCUT2D eigenvalue weighted by molar-refractivity contribution is 0.104. The number of halogens is 1. The van der Waals surface area contributed by atoms with Gasteiger partial charge >= 0.3 is 0 Å². The van der Waals surface area contributed by atoms with Gasteiger partial charge in [-0.15, -0.1) is 5.10 Å². The maximum atomic E-state index is 13.9. The van der Waals surface area contributed by atoms with Gasteiger partial charge in [0.1, 0.15) is 23.1 Å². The van der Waals surface area contributed by atoms with E-state index in [1.165, 1.54) is 12.1 Å². The van der Waals surface area contributed by atoms with Crippen LogP contribution in [-0.4, -0.2) is 58.2 Å². The largest absolute Gasteiger partial charge is 0.378 e. The number of ether oxygens (including phenoxy) is 1. The first kappa shape index (κ1) is 23.3. The standard InChI is InChI=1S/C28H27FN6O2/c29-21-5-1-4-20(18-21)23-7-3-13-34(23)28-12-11-26-30-19-24(35(26)32-28)25(36)10-9-22-6-2-8-27(31-22)33-14-16-37-17-15-33/h1-2,4-6,8-12,18-19,23H,3,7,13-17H2. The monoisotopic (exact) mass is 498 g/mol. The van der Waals surface area contributed by atoms with Crippen LogP contribution in [0, 0.1) is 5.82 Å². The Morgan fingerprint density at radius 3 is 2.76 bits per heavy atom. The van der Waals surface area contributed by atoms with Crippen molar-refractivity contribution in [2.45, 2.75) is 18.9 Å². The Hall–Kier alpha value is -4.11. The summed E-state index contributed by atoms with van der Waals surface area (Å²) in [4.78, 5) is 26.5. The first-order valence-electron chi connectivity index (χ1n) is 12.5. The molecule has 0 spiro atoms. The lowest BCUT2D eigenvalue weighted by Gasteiger charge is -2.27. The zero-order valence-corrected chi connectivity index (χ0v) is 20.3. The third-order valence-corrected chi connectivity index (χ3v) is 6.88. The van der Waals surface area contributed by atoms with Gasteiger partial charge < -0.3 is 14.5 Å². The van der Waals surface area contributed by atoms with Gasteiger partial charge in [0.05, 0.1) is 31.1 Å². The highest BCUT2D eigenvalue weighted by Gasteiger charge is 2.28. The summed E-state index contributed by atoms with van der Waals surface area (Å²) in [6.07, 6.45) is 6.67. The Labute approximate surface area is 214 Å². The number of fused-ring (bicyclic) bond motifs is 1. The average molecular weight is 499 g/mol. The van der Waals surface area contributed by atoms with Crippen LogP contribution in [0.2, 0.25) is 0 Å². The number of ketones is 1. The van der Waals surface area contributed by atoms with Gasteiger partial charge in [0.25, 0.3) is 0 Å². The van der Waals surface area contributed by atoms with Crippen molar-refractivity contribution >= 4 is 29.1 Å². The van der Waals surface area contributed by atoms with Crippen LogP contribution in [0.4, 0.5) is 16.0 Å². The van der Waals surface area contributed by atoms with Gasteiger partial charge in [0.2, 0.25) is 5.78 Å². The van der Waals surface area contributed by atoms with Crippen molar-refractivity contribution in [1.82, 2.24) is 19.6 Å². The number of pyridine rings is 1. The maximum absolute atomic E-state index is 13.9. The van der Waals surface area contributed by atoms with Gasteiger partial charge in [-0.3, -0.25) is 4.79 Å². The van der Waals surface area contributed by atoms with Crippen LogP contribution in [0.5, 0.6) is 0 Å². The number of carbonyl (C=O) groups excluding carboxylic acids is 1. The lowest BCUT2D eigenvalue weighted by Crippen LogP contribution is -2.36. The molecule has 8 nitrogen and oxygen atoms in total. The van der Waals surface area contributed by atoms with E-state index in [-0.39, 0.29) is 17.6 Å². The van der Waals surface area contributed by atoms with E-state index in [1.54, 1.807) is 28.9 Å². The molecule has 37 heavy (non-hydrogen) atoms. The van der Waals surface area contributed by atoms with E-state index >= 15 is 0 Å². The molecule has 0 aliphatic carbocycles. The zero-order chi connectivity index (χ0) is 25.2. The number of rotatable bonds is 6. The topological polar surface area (TPSA) is 75.9 Å². The van der Waals surface area contributed by atoms with Crippen molar-refractivity contribution in [2.75, 3.05) is 42.6 Å². The van der Waals surface area contributed by atoms with Crippen LogP contribution < -0.4 is 9.80 Å². The van der Waals surface area contributed by atoms with E-state index in [0.29, 0.717) is 30.2 Å². The van der Waals surface area contributed by atoms with Crippen molar-refractivity contribution in [3.05, 3.63) is 89.6 Å². The first-order valence-corrected chi connectivity index (χ1v) is 12.5. The molecular formula is C28H27FN6O2. The second-order valence-corrected chi connectivity index (χ2v) is 9.23. The highest BCUT2D eigenvalue weighted by Crippen LogP contribution is 2.35. The molecule has 5 heterocycles. The number of aromatic nitrogens is 4. The van der Waals surface area contributed by atoms with Crippen molar-refractivity contribution in [3.63, 3.8) is 0 Å². The predicted octanol–water partition coefficient (Wildman–Crippen LogP) is 4.34. The predicted molar refractivity (Wildman–Crippen MR) is 139 cm³/mol. The summed E-state index contributed by atoms with van der Waals surface area (Å²) in [5, 5.41) is 4.76. The summed E-state index contributed by atoms with van der Waals surface area (Å²) >= 11 is 0. The van der Waals surface area contributed by atoms with Gasteiger partial charge in [0, 0.05) is 19.6 Å². The summed E-state index contributed by atoms with van der Waals surface area (Å²) in [5.74, 6) is 1.15. The normalized spacial score (nSPS) is 18.2. The van der Waals surface area contributed by atoms with E-state index in [2.05, 4.69) is 19.8 Å². The first-order chi connectivity index (χ1) is 18.2. The molecule has 4 aromatic rings. The molecule has 188 valence electrons. The SMILES string of the molecule is O=C(C=Cc1cccc(N2CCOCC2)n1)c1cnc2ccc(N3CCCC3c3cccc(F)c3)nn12. The molecule has 9 heteroatoms. The van der Waals surface area contributed by atoms with Gasteiger partial charge in [-0.2, -0.15) is 0 Å². The summed E-state index contributed by atoms with van der Waals surface area (Å²) in [6.45, 7) is 3.77. The molecule has 0 saturated carbocycles. The van der Waals surface area contributed by atoms with Crippen molar-refractivity contribution in [1.29, 1.82) is 0 Å². The van der Waals surface area contributed by atoms with E-state index < -0.39 is 0 Å². The molecule has 3 aromatic heterocycles. The Bertz CT molecular complexity index is 1460. The van der Waals surface area contributed by atoms with Gasteiger partial charge in [-0.25, -0.2) is 18.9 Å². The quantitative estimate of drug-likeness (QED) is 0.289. The highest BCUT2D eigenvalue weighted by molar-refractivity contribution is 6.05. The number of anilines is 2. The minimum Gasteiger partial charge on any atom is -0.378 e. The molecule has 2 saturated heterocycles. The fourth-order valence-electron chi connectivity index (χ4n) is 5.03. The van der Waals surface area contributed by atoms with E-state index in [4.69, 9.17) is 9.84 Å². The number of morpholine rings is 1. The van der Waals surface area contributed by atoms with Crippen LogP contribution in [0.15, 0.2) is 66.9 Å². The van der Waals surface area contributed by atoms with E-state index in [1.807, 2.05) is 36.4 Å². The van der Waals surface area contributed by atoms with Crippen LogP contribution in [0.3, 0.4) is 0 Å². The molecule has 2 fully saturated rings. The summed E-state index contributed by atoms with van der Waals surface area (Å²) < 4.78 is 20.9. The number of nitrogens with zero attached hydrogens (tertiary/aromatic N) is 6. The Morgan fingerprint density at radius 2 is 1.89 bits per heavy atom. The van der Waals surface area contributed by atoms with Gasteiger partial charge in [-0.1, -0.05) is 18.2 Å². The third-order valence-electron chi connectivity index (χ3n) is 6.88. The van der Waals surface area contributed by atoms with Crippen LogP contribution >= 0.6 is 0 Å². The maximum Gasteiger partial charge on any atom is 0.205 e. The van der Waals surface area contributed by atoms with Gasteiger partial charge in [0.15, 0.2) is 5.65 Å².